The van der Waals surface area contributed by atoms with Crippen LogP contribution in [-0.2, 0) is 4.79 Å². The lowest BCUT2D eigenvalue weighted by molar-refractivity contribution is -0.132. The maximum absolute atomic E-state index is 11.6. The van der Waals surface area contributed by atoms with Crippen LogP contribution in [0.4, 0.5) is 0 Å². The number of hydrogen-bond donors (Lipinski definition) is 1. The maximum atomic E-state index is 11.6. The van der Waals surface area contributed by atoms with Gasteiger partial charge >= 0.3 is 0 Å². The number of likely N-dealkylation sites (tertiary alicyclic amines) is 1. The molecular weight excluding hydrogens is 164 g/mol. The van der Waals surface area contributed by atoms with Crippen molar-refractivity contribution < 1.29 is 4.79 Å². The van der Waals surface area contributed by atoms with Crippen LogP contribution in [0, 0.1) is 5.92 Å². The number of rotatable bonds is 3. The normalized spacial score (nSPS) is 22.8. The highest BCUT2D eigenvalue weighted by Gasteiger charge is 2.29. The highest BCUT2D eigenvalue weighted by molar-refractivity contribution is 5.77. The van der Waals surface area contributed by atoms with E-state index in [0.717, 1.165) is 19.4 Å². The summed E-state index contributed by atoms with van der Waals surface area (Å²) in [5.41, 5.74) is 5.37. The van der Waals surface area contributed by atoms with Gasteiger partial charge in [0.25, 0.3) is 0 Å². The Morgan fingerprint density at radius 3 is 2.85 bits per heavy atom. The van der Waals surface area contributed by atoms with Crippen LogP contribution >= 0.6 is 0 Å². The second-order valence-electron chi connectivity index (χ2n) is 4.08. The van der Waals surface area contributed by atoms with Gasteiger partial charge < -0.3 is 10.6 Å². The van der Waals surface area contributed by atoms with Gasteiger partial charge in [0, 0.05) is 25.6 Å². The molecule has 13 heavy (non-hydrogen) atoms. The van der Waals surface area contributed by atoms with Gasteiger partial charge in [0.05, 0.1) is 0 Å². The molecule has 0 aromatic rings. The third-order valence-corrected chi connectivity index (χ3v) is 2.75. The smallest absolute Gasteiger partial charge is 0.224 e. The quantitative estimate of drug-likeness (QED) is 0.710. The van der Waals surface area contributed by atoms with Gasteiger partial charge in [-0.15, -0.1) is 0 Å². The van der Waals surface area contributed by atoms with Gasteiger partial charge in [-0.1, -0.05) is 13.8 Å². The van der Waals surface area contributed by atoms with Crippen LogP contribution in [0.1, 0.15) is 33.1 Å². The molecule has 1 fully saturated rings. The first-order valence-corrected chi connectivity index (χ1v) is 5.16. The third-order valence-electron chi connectivity index (χ3n) is 2.75. The highest BCUT2D eigenvalue weighted by atomic mass is 16.2. The average Bonchev–Trinajstić information content (AvgIpc) is 2.52. The molecule has 76 valence electrons. The summed E-state index contributed by atoms with van der Waals surface area (Å²) >= 11 is 0. The summed E-state index contributed by atoms with van der Waals surface area (Å²) in [6, 6.07) is 0.457. The molecule has 1 rings (SSSR count). The minimum atomic E-state index is 0.235. The highest BCUT2D eigenvalue weighted by Crippen LogP contribution is 2.23. The van der Waals surface area contributed by atoms with Crippen LogP contribution in [0.3, 0.4) is 0 Å². The molecular formula is C10H20N2O. The van der Waals surface area contributed by atoms with E-state index < -0.39 is 0 Å². The van der Waals surface area contributed by atoms with Crippen molar-refractivity contribution >= 4 is 5.91 Å². The first-order chi connectivity index (χ1) is 6.16. The Morgan fingerprint density at radius 2 is 2.31 bits per heavy atom. The third kappa shape index (κ3) is 2.44. The van der Waals surface area contributed by atoms with Crippen molar-refractivity contribution in [2.75, 3.05) is 13.1 Å². The maximum Gasteiger partial charge on any atom is 0.224 e. The molecule has 3 nitrogen and oxygen atoms in total. The SMILES string of the molecule is CC(C)[C@@H]1CCCN1C(=O)CCN. The van der Waals surface area contributed by atoms with Gasteiger partial charge in [-0.3, -0.25) is 4.79 Å². The summed E-state index contributed by atoms with van der Waals surface area (Å²) in [6.07, 6.45) is 2.82. The fraction of sp³-hybridized carbons (Fsp3) is 0.900. The van der Waals surface area contributed by atoms with Crippen molar-refractivity contribution in [1.29, 1.82) is 0 Å². The Bertz CT molecular complexity index is 180. The zero-order valence-electron chi connectivity index (χ0n) is 8.62. The largest absolute Gasteiger partial charge is 0.339 e. The number of amides is 1. The fourth-order valence-corrected chi connectivity index (χ4v) is 2.06. The van der Waals surface area contributed by atoms with E-state index in [1.165, 1.54) is 0 Å². The molecule has 3 heteroatoms. The van der Waals surface area contributed by atoms with Crippen LogP contribution < -0.4 is 5.73 Å². The Morgan fingerprint density at radius 1 is 1.62 bits per heavy atom. The number of carbonyl (C=O) groups excluding carboxylic acids is 1. The van der Waals surface area contributed by atoms with Gasteiger partial charge in [0.1, 0.15) is 0 Å². The van der Waals surface area contributed by atoms with Gasteiger partial charge in [-0.2, -0.15) is 0 Å². The Kier molecular flexibility index (Phi) is 3.72. The minimum absolute atomic E-state index is 0.235. The monoisotopic (exact) mass is 184 g/mol. The fourth-order valence-electron chi connectivity index (χ4n) is 2.06. The molecule has 0 unspecified atom stereocenters. The van der Waals surface area contributed by atoms with Gasteiger partial charge in [0.15, 0.2) is 0 Å². The molecule has 0 saturated carbocycles. The van der Waals surface area contributed by atoms with E-state index in [0.29, 0.717) is 24.9 Å². The van der Waals surface area contributed by atoms with Crippen molar-refractivity contribution in [1.82, 2.24) is 4.90 Å². The topological polar surface area (TPSA) is 46.3 Å². The molecule has 0 aromatic heterocycles. The van der Waals surface area contributed by atoms with Crippen molar-refractivity contribution in [3.05, 3.63) is 0 Å². The van der Waals surface area contributed by atoms with E-state index in [1.54, 1.807) is 0 Å². The molecule has 1 heterocycles. The van der Waals surface area contributed by atoms with Crippen molar-refractivity contribution in [2.45, 2.75) is 39.2 Å². The zero-order chi connectivity index (χ0) is 9.84. The van der Waals surface area contributed by atoms with E-state index in [9.17, 15) is 4.79 Å². The molecule has 0 aliphatic carbocycles. The van der Waals surface area contributed by atoms with Gasteiger partial charge in [-0.25, -0.2) is 0 Å². The van der Waals surface area contributed by atoms with E-state index in [-0.39, 0.29) is 5.91 Å². The molecule has 1 aliphatic heterocycles. The molecule has 1 aliphatic rings. The van der Waals surface area contributed by atoms with Crippen LogP contribution in [0.2, 0.25) is 0 Å². The van der Waals surface area contributed by atoms with Gasteiger partial charge in [0.2, 0.25) is 5.91 Å². The minimum Gasteiger partial charge on any atom is -0.339 e. The van der Waals surface area contributed by atoms with Crippen LogP contribution in [0.25, 0.3) is 0 Å². The van der Waals surface area contributed by atoms with E-state index in [2.05, 4.69) is 13.8 Å². The van der Waals surface area contributed by atoms with E-state index in [1.807, 2.05) is 4.90 Å². The first kappa shape index (κ1) is 10.5. The van der Waals surface area contributed by atoms with E-state index in [4.69, 9.17) is 5.73 Å². The number of nitrogens with zero attached hydrogens (tertiary/aromatic N) is 1. The lowest BCUT2D eigenvalue weighted by atomic mass is 10.0. The molecule has 0 spiro atoms. The molecule has 1 saturated heterocycles. The molecule has 1 amide bonds. The van der Waals surface area contributed by atoms with Crippen molar-refractivity contribution in [2.24, 2.45) is 11.7 Å². The predicted octanol–water partition coefficient (Wildman–Crippen LogP) is 0.982. The van der Waals surface area contributed by atoms with E-state index >= 15 is 0 Å². The molecule has 1 atom stereocenters. The summed E-state index contributed by atoms with van der Waals surface area (Å²) in [7, 11) is 0. The zero-order valence-corrected chi connectivity index (χ0v) is 8.62. The number of nitrogens with two attached hydrogens (primary N) is 1. The lowest BCUT2D eigenvalue weighted by Crippen LogP contribution is -2.39. The van der Waals surface area contributed by atoms with Crippen LogP contribution in [0.15, 0.2) is 0 Å². The summed E-state index contributed by atoms with van der Waals surface area (Å²) in [5.74, 6) is 0.808. The molecule has 0 bridgehead atoms. The van der Waals surface area contributed by atoms with Crippen molar-refractivity contribution in [3.8, 4) is 0 Å². The Hall–Kier alpha value is -0.570. The molecule has 0 aromatic carbocycles. The summed E-state index contributed by atoms with van der Waals surface area (Å²) in [4.78, 5) is 13.6. The lowest BCUT2D eigenvalue weighted by Gasteiger charge is -2.27. The standard InChI is InChI=1S/C10H20N2O/c1-8(2)9-4-3-7-12(9)10(13)5-6-11/h8-9H,3-7,11H2,1-2H3/t9-/m0/s1. The first-order valence-electron chi connectivity index (χ1n) is 5.16. The number of hydrogen-bond acceptors (Lipinski definition) is 2. The summed E-state index contributed by atoms with van der Waals surface area (Å²) in [6.45, 7) is 5.76. The summed E-state index contributed by atoms with van der Waals surface area (Å²) in [5, 5.41) is 0. The van der Waals surface area contributed by atoms with Crippen molar-refractivity contribution in [3.63, 3.8) is 0 Å². The average molecular weight is 184 g/mol. The molecule has 0 radical (unpaired) electrons. The summed E-state index contributed by atoms with van der Waals surface area (Å²) < 4.78 is 0. The number of carbonyl (C=O) groups is 1. The molecule has 2 N–H and O–H groups in total. The Labute approximate surface area is 80.3 Å². The van der Waals surface area contributed by atoms with Gasteiger partial charge in [-0.05, 0) is 18.8 Å². The second kappa shape index (κ2) is 4.61. The Balaban J connectivity index is 2.52. The van der Waals surface area contributed by atoms with Crippen LogP contribution in [0.5, 0.6) is 0 Å². The predicted molar refractivity (Wildman–Crippen MR) is 53.2 cm³/mol. The second-order valence-corrected chi connectivity index (χ2v) is 4.08. The van der Waals surface area contributed by atoms with Crippen LogP contribution in [-0.4, -0.2) is 29.9 Å².